The quantitative estimate of drug-likeness (QED) is 0.849. The monoisotopic (exact) mass is 267 g/mol. The number of rotatable bonds is 3. The Morgan fingerprint density at radius 3 is 2.74 bits per heavy atom. The number of nitrogens with zero attached hydrogens (tertiary/aromatic N) is 1. The van der Waals surface area contributed by atoms with Crippen molar-refractivity contribution >= 4 is 11.7 Å². The van der Waals surface area contributed by atoms with E-state index < -0.39 is 11.8 Å². The number of aliphatic hydroxyl groups is 1. The Morgan fingerprint density at radius 2 is 2.16 bits per heavy atom. The van der Waals surface area contributed by atoms with Crippen molar-refractivity contribution in [3.8, 4) is 0 Å². The average Bonchev–Trinajstić information content (AvgIpc) is 2.46. The first kappa shape index (κ1) is 13.8. The Hall–Kier alpha value is -1.62. The van der Waals surface area contributed by atoms with Gasteiger partial charge in [0.2, 0.25) is 0 Å². The van der Waals surface area contributed by atoms with Crippen LogP contribution >= 0.6 is 0 Å². The normalized spacial score (nSPS) is 16.5. The predicted molar refractivity (Wildman–Crippen MR) is 69.8 cm³/mol. The fourth-order valence-corrected chi connectivity index (χ4v) is 2.44. The summed E-state index contributed by atoms with van der Waals surface area (Å²) in [6.45, 7) is 1.60. The maximum atomic E-state index is 13.8. The summed E-state index contributed by atoms with van der Waals surface area (Å²) in [6, 6.07) is 4.58. The second-order valence-electron chi connectivity index (χ2n) is 4.74. The summed E-state index contributed by atoms with van der Waals surface area (Å²) >= 11 is 0. The van der Waals surface area contributed by atoms with Crippen molar-refractivity contribution < 1.29 is 19.0 Å². The van der Waals surface area contributed by atoms with Crippen LogP contribution in [0.3, 0.4) is 0 Å². The molecule has 1 N–H and O–H groups in total. The Bertz CT molecular complexity index is 456. The van der Waals surface area contributed by atoms with Gasteiger partial charge in [0.05, 0.1) is 12.8 Å². The molecule has 1 fully saturated rings. The van der Waals surface area contributed by atoms with Crippen LogP contribution in [0, 0.1) is 11.7 Å². The third kappa shape index (κ3) is 2.87. The molecular weight excluding hydrogens is 249 g/mol. The minimum Gasteiger partial charge on any atom is -0.465 e. The number of esters is 1. The Balaban J connectivity index is 2.25. The maximum Gasteiger partial charge on any atom is 0.342 e. The van der Waals surface area contributed by atoms with Gasteiger partial charge in [0.25, 0.3) is 0 Å². The van der Waals surface area contributed by atoms with Gasteiger partial charge in [0, 0.05) is 19.7 Å². The van der Waals surface area contributed by atoms with Crippen molar-refractivity contribution in [1.29, 1.82) is 0 Å². The van der Waals surface area contributed by atoms with Crippen LogP contribution in [0.5, 0.6) is 0 Å². The van der Waals surface area contributed by atoms with E-state index in [-0.39, 0.29) is 12.2 Å². The van der Waals surface area contributed by atoms with Gasteiger partial charge >= 0.3 is 5.97 Å². The van der Waals surface area contributed by atoms with E-state index in [0.29, 0.717) is 24.7 Å². The molecule has 0 aromatic heterocycles. The molecule has 2 rings (SSSR count). The molecule has 0 radical (unpaired) electrons. The summed E-state index contributed by atoms with van der Waals surface area (Å²) in [7, 11) is 1.25. The third-order valence-corrected chi connectivity index (χ3v) is 3.59. The Labute approximate surface area is 111 Å². The van der Waals surface area contributed by atoms with Crippen molar-refractivity contribution in [3.63, 3.8) is 0 Å². The molecule has 1 aliphatic rings. The van der Waals surface area contributed by atoms with E-state index in [2.05, 4.69) is 4.74 Å². The third-order valence-electron chi connectivity index (χ3n) is 3.59. The molecule has 104 valence electrons. The van der Waals surface area contributed by atoms with Crippen molar-refractivity contribution in [2.75, 3.05) is 31.7 Å². The van der Waals surface area contributed by atoms with Crippen LogP contribution in [-0.4, -0.2) is 37.9 Å². The number of aliphatic hydroxyl groups excluding tert-OH is 1. The summed E-state index contributed by atoms with van der Waals surface area (Å²) < 4.78 is 18.5. The van der Waals surface area contributed by atoms with Gasteiger partial charge in [0.15, 0.2) is 0 Å². The molecule has 0 saturated carbocycles. The Kier molecular flexibility index (Phi) is 4.37. The van der Waals surface area contributed by atoms with Gasteiger partial charge in [0.1, 0.15) is 11.4 Å². The summed E-state index contributed by atoms with van der Waals surface area (Å²) in [4.78, 5) is 13.7. The molecule has 0 aliphatic carbocycles. The molecule has 0 spiro atoms. The molecule has 1 aromatic rings. The zero-order chi connectivity index (χ0) is 13.8. The Morgan fingerprint density at radius 1 is 1.47 bits per heavy atom. The minimum absolute atomic E-state index is 0.00699. The topological polar surface area (TPSA) is 49.8 Å². The zero-order valence-corrected chi connectivity index (χ0v) is 10.9. The fraction of sp³-hybridized carbons (Fsp3) is 0.500. The number of carbonyl (C=O) groups excluding carboxylic acids is 1. The number of ether oxygens (including phenoxy) is 1. The van der Waals surface area contributed by atoms with Gasteiger partial charge < -0.3 is 14.7 Å². The second-order valence-corrected chi connectivity index (χ2v) is 4.74. The highest BCUT2D eigenvalue weighted by molar-refractivity contribution is 5.96. The van der Waals surface area contributed by atoms with Crippen LogP contribution in [0.15, 0.2) is 18.2 Å². The first-order valence-electron chi connectivity index (χ1n) is 6.40. The van der Waals surface area contributed by atoms with Crippen LogP contribution in [-0.2, 0) is 4.74 Å². The molecule has 1 aromatic carbocycles. The van der Waals surface area contributed by atoms with Crippen molar-refractivity contribution in [2.24, 2.45) is 5.92 Å². The van der Waals surface area contributed by atoms with Crippen molar-refractivity contribution in [3.05, 3.63) is 29.6 Å². The first-order valence-corrected chi connectivity index (χ1v) is 6.40. The predicted octanol–water partition coefficient (Wildman–Crippen LogP) is 1.82. The molecule has 1 saturated heterocycles. The van der Waals surface area contributed by atoms with Gasteiger partial charge in [-0.1, -0.05) is 6.07 Å². The molecule has 19 heavy (non-hydrogen) atoms. The highest BCUT2D eigenvalue weighted by Crippen LogP contribution is 2.28. The maximum absolute atomic E-state index is 13.8. The molecular formula is C14H18FNO3. The van der Waals surface area contributed by atoms with Gasteiger partial charge in [-0.15, -0.1) is 0 Å². The summed E-state index contributed by atoms with van der Waals surface area (Å²) in [5.74, 6) is -0.919. The van der Waals surface area contributed by atoms with Crippen molar-refractivity contribution in [2.45, 2.75) is 12.8 Å². The van der Waals surface area contributed by atoms with Gasteiger partial charge in [-0.05, 0) is 30.9 Å². The minimum atomic E-state index is -0.655. The summed E-state index contributed by atoms with van der Waals surface area (Å²) in [5.41, 5.74) is 0.565. The SMILES string of the molecule is COC(=O)c1c(F)cccc1N1CCC(CO)CC1. The second kappa shape index (κ2) is 6.02. The number of halogens is 1. The number of methoxy groups -OCH3 is 1. The number of hydrogen-bond donors (Lipinski definition) is 1. The first-order chi connectivity index (χ1) is 9.17. The molecule has 0 unspecified atom stereocenters. The number of hydrogen-bond acceptors (Lipinski definition) is 4. The molecule has 1 heterocycles. The molecule has 4 nitrogen and oxygen atoms in total. The van der Waals surface area contributed by atoms with Gasteiger partial charge in [-0.2, -0.15) is 0 Å². The van der Waals surface area contributed by atoms with E-state index in [1.165, 1.54) is 13.2 Å². The fourth-order valence-electron chi connectivity index (χ4n) is 2.44. The number of carbonyl (C=O) groups is 1. The molecule has 5 heteroatoms. The lowest BCUT2D eigenvalue weighted by atomic mass is 9.97. The van der Waals surface area contributed by atoms with Gasteiger partial charge in [-0.3, -0.25) is 0 Å². The van der Waals surface area contributed by atoms with Crippen LogP contribution in [0.4, 0.5) is 10.1 Å². The molecule has 0 amide bonds. The average molecular weight is 267 g/mol. The van der Waals surface area contributed by atoms with E-state index in [1.807, 2.05) is 4.90 Å². The standard InChI is InChI=1S/C14H18FNO3/c1-19-14(18)13-11(15)3-2-4-12(13)16-7-5-10(9-17)6-8-16/h2-4,10,17H,5-9H2,1H3. The van der Waals surface area contributed by atoms with Gasteiger partial charge in [-0.25, -0.2) is 9.18 Å². The summed E-state index contributed by atoms with van der Waals surface area (Å²) in [6.07, 6.45) is 1.68. The van der Waals surface area contributed by atoms with Crippen LogP contribution in [0.1, 0.15) is 23.2 Å². The highest BCUT2D eigenvalue weighted by atomic mass is 19.1. The van der Waals surface area contributed by atoms with E-state index in [4.69, 9.17) is 5.11 Å². The zero-order valence-electron chi connectivity index (χ0n) is 10.9. The van der Waals surface area contributed by atoms with E-state index in [1.54, 1.807) is 12.1 Å². The lowest BCUT2D eigenvalue weighted by Gasteiger charge is -2.33. The number of benzene rings is 1. The summed E-state index contributed by atoms with van der Waals surface area (Å²) in [5, 5.41) is 9.12. The number of piperidine rings is 1. The van der Waals surface area contributed by atoms with Crippen LogP contribution < -0.4 is 4.90 Å². The lowest BCUT2D eigenvalue weighted by Crippen LogP contribution is -2.35. The molecule has 0 bridgehead atoms. The largest absolute Gasteiger partial charge is 0.465 e. The van der Waals surface area contributed by atoms with E-state index >= 15 is 0 Å². The molecule has 1 aliphatic heterocycles. The molecule has 0 atom stereocenters. The van der Waals surface area contributed by atoms with Crippen LogP contribution in [0.2, 0.25) is 0 Å². The smallest absolute Gasteiger partial charge is 0.342 e. The van der Waals surface area contributed by atoms with Crippen molar-refractivity contribution in [1.82, 2.24) is 0 Å². The van der Waals surface area contributed by atoms with E-state index in [0.717, 1.165) is 12.8 Å². The van der Waals surface area contributed by atoms with Crippen LogP contribution in [0.25, 0.3) is 0 Å². The number of anilines is 1. The highest BCUT2D eigenvalue weighted by Gasteiger charge is 2.25. The van der Waals surface area contributed by atoms with E-state index in [9.17, 15) is 9.18 Å². The lowest BCUT2D eigenvalue weighted by molar-refractivity contribution is 0.0596.